The lowest BCUT2D eigenvalue weighted by Crippen LogP contribution is -2.33. The minimum absolute atomic E-state index is 0.219. The van der Waals surface area contributed by atoms with Crippen LogP contribution in [-0.4, -0.2) is 26.6 Å². The molecule has 0 N–H and O–H groups in total. The number of likely N-dealkylation sites (tertiary alicyclic amines) is 1. The molecule has 0 spiro atoms. The maximum absolute atomic E-state index is 5.56. The lowest BCUT2D eigenvalue weighted by molar-refractivity contribution is 0.121. The van der Waals surface area contributed by atoms with Crippen LogP contribution in [0.3, 0.4) is 0 Å². The van der Waals surface area contributed by atoms with Gasteiger partial charge >= 0.3 is 0 Å². The molecule has 3 heterocycles. The molecule has 0 saturated carbocycles. The Morgan fingerprint density at radius 1 is 1.32 bits per heavy atom. The first-order valence-electron chi connectivity index (χ1n) is 6.68. The molecule has 1 aliphatic rings. The Morgan fingerprint density at radius 3 is 2.89 bits per heavy atom. The standard InChI is InChI=1S/C13H18N4O2/c1-9-14-7-11(18-9)8-17-6-4-3-5-12(17)13-15-10(2)19-16-13/h7,12H,3-6,8H2,1-2H3. The quantitative estimate of drug-likeness (QED) is 0.846. The molecule has 6 nitrogen and oxygen atoms in total. The highest BCUT2D eigenvalue weighted by Gasteiger charge is 2.28. The molecule has 6 heteroatoms. The summed E-state index contributed by atoms with van der Waals surface area (Å²) in [6, 6.07) is 0.219. The molecular formula is C13H18N4O2. The number of hydrogen-bond acceptors (Lipinski definition) is 6. The second-order valence-electron chi connectivity index (χ2n) is 5.00. The van der Waals surface area contributed by atoms with E-state index in [4.69, 9.17) is 8.94 Å². The van der Waals surface area contributed by atoms with Crippen molar-refractivity contribution >= 4 is 0 Å². The maximum Gasteiger partial charge on any atom is 0.223 e. The summed E-state index contributed by atoms with van der Waals surface area (Å²) < 4.78 is 10.7. The summed E-state index contributed by atoms with van der Waals surface area (Å²) >= 11 is 0. The molecule has 0 amide bonds. The highest BCUT2D eigenvalue weighted by molar-refractivity contribution is 4.99. The van der Waals surface area contributed by atoms with Crippen LogP contribution in [0.15, 0.2) is 15.1 Å². The molecule has 0 radical (unpaired) electrons. The molecule has 19 heavy (non-hydrogen) atoms. The molecule has 1 saturated heterocycles. The molecule has 1 unspecified atom stereocenters. The first-order valence-corrected chi connectivity index (χ1v) is 6.68. The van der Waals surface area contributed by atoms with Gasteiger partial charge in [0.25, 0.3) is 0 Å². The predicted molar refractivity (Wildman–Crippen MR) is 67.3 cm³/mol. The third-order valence-electron chi connectivity index (χ3n) is 3.48. The van der Waals surface area contributed by atoms with Crippen molar-refractivity contribution < 1.29 is 8.94 Å². The van der Waals surface area contributed by atoms with Crippen molar-refractivity contribution in [2.75, 3.05) is 6.54 Å². The van der Waals surface area contributed by atoms with Gasteiger partial charge in [0, 0.05) is 13.8 Å². The fourth-order valence-corrected chi connectivity index (χ4v) is 2.60. The molecule has 2 aromatic heterocycles. The van der Waals surface area contributed by atoms with Crippen molar-refractivity contribution in [2.24, 2.45) is 0 Å². The normalized spacial score (nSPS) is 20.8. The van der Waals surface area contributed by atoms with Gasteiger partial charge in [-0.15, -0.1) is 0 Å². The zero-order valence-corrected chi connectivity index (χ0v) is 11.3. The second kappa shape index (κ2) is 5.13. The topological polar surface area (TPSA) is 68.2 Å². The SMILES string of the molecule is Cc1nc(C2CCCCN2Cc2cnc(C)o2)no1. The van der Waals surface area contributed by atoms with Crippen LogP contribution in [0.4, 0.5) is 0 Å². The average Bonchev–Trinajstić information content (AvgIpc) is 2.99. The molecule has 0 bridgehead atoms. The van der Waals surface area contributed by atoms with E-state index in [1.165, 1.54) is 12.8 Å². The van der Waals surface area contributed by atoms with Crippen molar-refractivity contribution in [2.45, 2.75) is 45.7 Å². The molecular weight excluding hydrogens is 244 g/mol. The van der Waals surface area contributed by atoms with Gasteiger partial charge in [-0.3, -0.25) is 4.90 Å². The number of aromatic nitrogens is 3. The van der Waals surface area contributed by atoms with Crippen molar-refractivity contribution in [3.05, 3.63) is 29.6 Å². The summed E-state index contributed by atoms with van der Waals surface area (Å²) in [6.45, 7) is 5.46. The highest BCUT2D eigenvalue weighted by atomic mass is 16.5. The highest BCUT2D eigenvalue weighted by Crippen LogP contribution is 2.30. The van der Waals surface area contributed by atoms with E-state index in [0.29, 0.717) is 11.8 Å². The van der Waals surface area contributed by atoms with Gasteiger partial charge in [-0.1, -0.05) is 11.6 Å². The van der Waals surface area contributed by atoms with Crippen LogP contribution < -0.4 is 0 Å². The Kier molecular flexibility index (Phi) is 3.33. The number of rotatable bonds is 3. The zero-order valence-electron chi connectivity index (χ0n) is 11.3. The number of oxazole rings is 1. The fourth-order valence-electron chi connectivity index (χ4n) is 2.60. The first-order chi connectivity index (χ1) is 9.22. The van der Waals surface area contributed by atoms with Crippen LogP contribution in [0.5, 0.6) is 0 Å². The summed E-state index contributed by atoms with van der Waals surface area (Å²) in [4.78, 5) is 10.8. The molecule has 1 atom stereocenters. The van der Waals surface area contributed by atoms with Crippen molar-refractivity contribution in [3.63, 3.8) is 0 Å². The van der Waals surface area contributed by atoms with E-state index >= 15 is 0 Å². The van der Waals surface area contributed by atoms with E-state index in [2.05, 4.69) is 20.0 Å². The van der Waals surface area contributed by atoms with Crippen LogP contribution >= 0.6 is 0 Å². The Balaban J connectivity index is 1.77. The van der Waals surface area contributed by atoms with E-state index in [-0.39, 0.29) is 6.04 Å². The van der Waals surface area contributed by atoms with Gasteiger partial charge in [-0.25, -0.2) is 4.98 Å². The minimum Gasteiger partial charge on any atom is -0.445 e. The van der Waals surface area contributed by atoms with Gasteiger partial charge in [-0.05, 0) is 19.4 Å². The molecule has 0 aliphatic carbocycles. The largest absolute Gasteiger partial charge is 0.445 e. The molecule has 2 aromatic rings. The summed E-state index contributed by atoms with van der Waals surface area (Å²) in [5.74, 6) is 3.01. The van der Waals surface area contributed by atoms with E-state index in [1.54, 1.807) is 6.20 Å². The van der Waals surface area contributed by atoms with Crippen LogP contribution in [0.1, 0.15) is 48.7 Å². The second-order valence-corrected chi connectivity index (χ2v) is 5.00. The minimum atomic E-state index is 0.219. The summed E-state index contributed by atoms with van der Waals surface area (Å²) in [5.41, 5.74) is 0. The number of piperidine rings is 1. The summed E-state index contributed by atoms with van der Waals surface area (Å²) in [7, 11) is 0. The third kappa shape index (κ3) is 2.68. The van der Waals surface area contributed by atoms with Crippen LogP contribution in [-0.2, 0) is 6.54 Å². The molecule has 0 aromatic carbocycles. The average molecular weight is 262 g/mol. The van der Waals surface area contributed by atoms with Gasteiger partial charge < -0.3 is 8.94 Å². The van der Waals surface area contributed by atoms with Gasteiger partial charge in [0.15, 0.2) is 11.7 Å². The lowest BCUT2D eigenvalue weighted by Gasteiger charge is -2.32. The first kappa shape index (κ1) is 12.3. The number of aryl methyl sites for hydroxylation is 2. The summed E-state index contributed by atoms with van der Waals surface area (Å²) in [6.07, 6.45) is 5.25. The van der Waals surface area contributed by atoms with Crippen LogP contribution in [0, 0.1) is 13.8 Å². The monoisotopic (exact) mass is 262 g/mol. The van der Waals surface area contributed by atoms with Crippen molar-refractivity contribution in [1.29, 1.82) is 0 Å². The zero-order chi connectivity index (χ0) is 13.2. The summed E-state index contributed by atoms with van der Waals surface area (Å²) in [5, 5.41) is 4.06. The fraction of sp³-hybridized carbons (Fsp3) is 0.615. The molecule has 3 rings (SSSR count). The molecule has 1 aliphatic heterocycles. The lowest BCUT2D eigenvalue weighted by atomic mass is 10.0. The van der Waals surface area contributed by atoms with E-state index < -0.39 is 0 Å². The smallest absolute Gasteiger partial charge is 0.223 e. The maximum atomic E-state index is 5.56. The molecule has 102 valence electrons. The van der Waals surface area contributed by atoms with E-state index in [1.807, 2.05) is 13.8 Å². The number of hydrogen-bond donors (Lipinski definition) is 0. The van der Waals surface area contributed by atoms with Gasteiger partial charge in [0.1, 0.15) is 5.76 Å². The Hall–Kier alpha value is -1.69. The third-order valence-corrected chi connectivity index (χ3v) is 3.48. The van der Waals surface area contributed by atoms with Gasteiger partial charge in [0.2, 0.25) is 5.89 Å². The predicted octanol–water partition coefficient (Wildman–Crippen LogP) is 2.40. The van der Waals surface area contributed by atoms with Crippen LogP contribution in [0.25, 0.3) is 0 Å². The Labute approximate surface area is 111 Å². The Morgan fingerprint density at radius 2 is 2.21 bits per heavy atom. The number of nitrogens with zero attached hydrogens (tertiary/aromatic N) is 4. The Bertz CT molecular complexity index is 548. The van der Waals surface area contributed by atoms with Gasteiger partial charge in [0.05, 0.1) is 18.8 Å². The van der Waals surface area contributed by atoms with Gasteiger partial charge in [-0.2, -0.15) is 4.98 Å². The molecule has 1 fully saturated rings. The van der Waals surface area contributed by atoms with E-state index in [9.17, 15) is 0 Å². The van der Waals surface area contributed by atoms with Crippen molar-refractivity contribution in [3.8, 4) is 0 Å². The van der Waals surface area contributed by atoms with E-state index in [0.717, 1.165) is 31.1 Å². The van der Waals surface area contributed by atoms with Crippen molar-refractivity contribution in [1.82, 2.24) is 20.0 Å². The van der Waals surface area contributed by atoms with Crippen LogP contribution in [0.2, 0.25) is 0 Å².